The number of ether oxygens (including phenoxy) is 1. The molecule has 2 N–H and O–H groups in total. The van der Waals surface area contributed by atoms with Gasteiger partial charge in [0.2, 0.25) is 0 Å². The molecular weight excluding hydrogens is 392 g/mol. The van der Waals surface area contributed by atoms with Crippen molar-refractivity contribution in [2.24, 2.45) is 5.92 Å². The van der Waals surface area contributed by atoms with Crippen molar-refractivity contribution in [2.75, 3.05) is 18.5 Å². The van der Waals surface area contributed by atoms with Gasteiger partial charge in [-0.25, -0.2) is 9.67 Å². The molecular formula is C23H30N6O2. The van der Waals surface area contributed by atoms with Crippen LogP contribution in [0.3, 0.4) is 0 Å². The zero-order chi connectivity index (χ0) is 21.4. The molecule has 8 nitrogen and oxygen atoms in total. The van der Waals surface area contributed by atoms with Gasteiger partial charge in [0.1, 0.15) is 5.60 Å². The summed E-state index contributed by atoms with van der Waals surface area (Å²) in [4.78, 5) is 10.9. The van der Waals surface area contributed by atoms with Crippen LogP contribution in [0.5, 0.6) is 0 Å². The molecule has 0 unspecified atom stereocenters. The van der Waals surface area contributed by atoms with E-state index in [4.69, 9.17) is 19.7 Å². The van der Waals surface area contributed by atoms with E-state index in [1.54, 1.807) is 0 Å². The summed E-state index contributed by atoms with van der Waals surface area (Å²) in [7, 11) is 0. The number of anilines is 1. The van der Waals surface area contributed by atoms with Crippen molar-refractivity contribution < 1.29 is 9.57 Å². The quantitative estimate of drug-likeness (QED) is 0.776. The van der Waals surface area contributed by atoms with Crippen molar-refractivity contribution in [1.29, 1.82) is 5.26 Å². The molecule has 2 aromatic heterocycles. The fourth-order valence-corrected chi connectivity index (χ4v) is 5.03. The fourth-order valence-electron chi connectivity index (χ4n) is 5.03. The number of fused-ring (bicyclic) bond motifs is 1. The standard InChI is InChI=1S/C23H30N6O2/c1-3-29-22-20(15(2)27-29)21(26-17-6-10-30-11-7-17)18(14-25-22)19-12-23(31-28-19)8-4-16(13-24)5-9-23/h12,14,16-17,28H,3-11H2,1-2H3,(H,25,26). The molecule has 2 fully saturated rings. The predicted octanol–water partition coefficient (Wildman–Crippen LogP) is 3.68. The van der Waals surface area contributed by atoms with Gasteiger partial charge in [0.15, 0.2) is 5.65 Å². The van der Waals surface area contributed by atoms with Gasteiger partial charge in [0, 0.05) is 43.5 Å². The summed E-state index contributed by atoms with van der Waals surface area (Å²) in [5.41, 5.74) is 7.77. The molecule has 1 aliphatic carbocycles. The minimum Gasteiger partial charge on any atom is -0.381 e. The molecule has 2 aliphatic heterocycles. The van der Waals surface area contributed by atoms with E-state index in [1.165, 1.54) is 0 Å². The van der Waals surface area contributed by atoms with Crippen LogP contribution >= 0.6 is 0 Å². The first-order valence-corrected chi connectivity index (χ1v) is 11.4. The van der Waals surface area contributed by atoms with E-state index in [0.29, 0.717) is 6.04 Å². The Morgan fingerprint density at radius 3 is 2.77 bits per heavy atom. The highest BCUT2D eigenvalue weighted by Crippen LogP contribution is 2.42. The summed E-state index contributed by atoms with van der Waals surface area (Å²) >= 11 is 0. The Morgan fingerprint density at radius 2 is 2.06 bits per heavy atom. The predicted molar refractivity (Wildman–Crippen MR) is 118 cm³/mol. The normalized spacial score (nSPS) is 26.6. The Morgan fingerprint density at radius 1 is 1.29 bits per heavy atom. The van der Waals surface area contributed by atoms with Gasteiger partial charge in [0.25, 0.3) is 0 Å². The highest BCUT2D eigenvalue weighted by atomic mass is 16.7. The van der Waals surface area contributed by atoms with Gasteiger partial charge in [-0.05, 0) is 58.4 Å². The van der Waals surface area contributed by atoms with Crippen molar-refractivity contribution in [1.82, 2.24) is 20.2 Å². The number of nitriles is 1. The molecule has 0 amide bonds. The summed E-state index contributed by atoms with van der Waals surface area (Å²) < 4.78 is 7.52. The van der Waals surface area contributed by atoms with Crippen LogP contribution in [0.25, 0.3) is 16.7 Å². The molecule has 0 bridgehead atoms. The second-order valence-corrected chi connectivity index (χ2v) is 8.91. The van der Waals surface area contributed by atoms with Gasteiger partial charge in [0.05, 0.1) is 28.5 Å². The Hall–Kier alpha value is -2.63. The highest BCUT2D eigenvalue weighted by Gasteiger charge is 2.40. The van der Waals surface area contributed by atoms with Crippen LogP contribution in [0, 0.1) is 24.2 Å². The lowest BCUT2D eigenvalue weighted by Gasteiger charge is -2.31. The van der Waals surface area contributed by atoms with Gasteiger partial charge < -0.3 is 10.1 Å². The smallest absolute Gasteiger partial charge is 0.160 e. The maximum absolute atomic E-state index is 9.24. The van der Waals surface area contributed by atoms with Crippen LogP contribution in [0.15, 0.2) is 12.3 Å². The summed E-state index contributed by atoms with van der Waals surface area (Å²) in [5.74, 6) is 0.137. The van der Waals surface area contributed by atoms with Gasteiger partial charge >= 0.3 is 0 Å². The van der Waals surface area contributed by atoms with E-state index in [2.05, 4.69) is 29.9 Å². The lowest BCUT2D eigenvalue weighted by Crippen LogP contribution is -2.34. The molecule has 1 saturated carbocycles. The summed E-state index contributed by atoms with van der Waals surface area (Å²) in [6.45, 7) is 6.47. The number of hydrogen-bond acceptors (Lipinski definition) is 7. The zero-order valence-corrected chi connectivity index (χ0v) is 18.3. The maximum atomic E-state index is 9.24. The summed E-state index contributed by atoms with van der Waals surface area (Å²) in [6, 6.07) is 2.76. The molecule has 1 spiro atoms. The summed E-state index contributed by atoms with van der Waals surface area (Å²) in [6.07, 6.45) is 9.54. The SMILES string of the molecule is CCn1nc(C)c2c(NC3CCOCC3)c(C3=CC4(CCC(C#N)CC4)ON3)cnc21. The van der Waals surface area contributed by atoms with Crippen molar-refractivity contribution in [2.45, 2.75) is 70.6 Å². The molecule has 5 rings (SSSR count). The van der Waals surface area contributed by atoms with E-state index in [9.17, 15) is 5.26 Å². The monoisotopic (exact) mass is 422 g/mol. The maximum Gasteiger partial charge on any atom is 0.160 e. The Labute approximate surface area is 182 Å². The fraction of sp³-hybridized carbons (Fsp3) is 0.609. The van der Waals surface area contributed by atoms with Crippen LogP contribution in [0.1, 0.15) is 56.7 Å². The second-order valence-electron chi connectivity index (χ2n) is 8.91. The van der Waals surface area contributed by atoms with Crippen LogP contribution < -0.4 is 10.8 Å². The van der Waals surface area contributed by atoms with Crippen LogP contribution in [0.4, 0.5) is 5.69 Å². The average Bonchev–Trinajstić information content (AvgIpc) is 3.36. The Bertz CT molecular complexity index is 1040. The zero-order valence-electron chi connectivity index (χ0n) is 18.3. The molecule has 2 aromatic rings. The van der Waals surface area contributed by atoms with Gasteiger partial charge in [-0.3, -0.25) is 10.3 Å². The number of hydrogen-bond donors (Lipinski definition) is 2. The van der Waals surface area contributed by atoms with Crippen LogP contribution in [0.2, 0.25) is 0 Å². The van der Waals surface area contributed by atoms with Gasteiger partial charge in [-0.15, -0.1) is 0 Å². The van der Waals surface area contributed by atoms with Crippen LogP contribution in [-0.4, -0.2) is 39.6 Å². The lowest BCUT2D eigenvalue weighted by molar-refractivity contribution is -0.0600. The lowest BCUT2D eigenvalue weighted by atomic mass is 9.79. The third-order valence-electron chi connectivity index (χ3n) is 6.88. The molecule has 8 heteroatoms. The molecule has 0 atom stereocenters. The van der Waals surface area contributed by atoms with Crippen molar-refractivity contribution >= 4 is 22.4 Å². The van der Waals surface area contributed by atoms with Gasteiger partial charge in [-0.1, -0.05) is 0 Å². The van der Waals surface area contributed by atoms with E-state index in [0.717, 1.165) is 92.0 Å². The molecule has 3 aliphatic rings. The molecule has 164 valence electrons. The van der Waals surface area contributed by atoms with Crippen molar-refractivity contribution in [3.8, 4) is 6.07 Å². The molecule has 1 saturated heterocycles. The number of aryl methyl sites for hydroxylation is 2. The first-order valence-electron chi connectivity index (χ1n) is 11.4. The molecule has 0 radical (unpaired) electrons. The first kappa shape index (κ1) is 20.3. The number of nitrogens with zero attached hydrogens (tertiary/aromatic N) is 4. The van der Waals surface area contributed by atoms with E-state index >= 15 is 0 Å². The minimum atomic E-state index is -0.337. The van der Waals surface area contributed by atoms with E-state index in [-0.39, 0.29) is 11.5 Å². The van der Waals surface area contributed by atoms with Gasteiger partial charge in [-0.2, -0.15) is 10.4 Å². The topological polar surface area (TPSA) is 97.0 Å². The highest BCUT2D eigenvalue weighted by molar-refractivity contribution is 5.97. The number of pyridine rings is 1. The Kier molecular flexibility index (Phi) is 5.32. The van der Waals surface area contributed by atoms with Crippen molar-refractivity contribution in [3.63, 3.8) is 0 Å². The van der Waals surface area contributed by atoms with Crippen molar-refractivity contribution in [3.05, 3.63) is 23.5 Å². The molecule has 4 heterocycles. The number of rotatable bonds is 4. The van der Waals surface area contributed by atoms with E-state index in [1.807, 2.05) is 17.8 Å². The second kappa shape index (κ2) is 8.13. The number of nitrogens with one attached hydrogen (secondary N) is 2. The Balaban J connectivity index is 1.55. The average molecular weight is 423 g/mol. The third-order valence-corrected chi connectivity index (χ3v) is 6.88. The minimum absolute atomic E-state index is 0.137. The van der Waals surface area contributed by atoms with E-state index < -0.39 is 0 Å². The molecule has 31 heavy (non-hydrogen) atoms. The first-order chi connectivity index (χ1) is 15.1. The number of aromatic nitrogens is 3. The third kappa shape index (κ3) is 3.66. The number of hydroxylamine groups is 1. The molecule has 0 aromatic carbocycles. The summed E-state index contributed by atoms with van der Waals surface area (Å²) in [5, 5.41) is 18.8. The largest absolute Gasteiger partial charge is 0.381 e. The van der Waals surface area contributed by atoms with Crippen LogP contribution in [-0.2, 0) is 16.1 Å².